The number of halogens is 4. The number of nitrogens with zero attached hydrogens (tertiary/aromatic N) is 4. The van der Waals surface area contributed by atoms with Crippen LogP contribution in [0.3, 0.4) is 0 Å². The second-order valence-electron chi connectivity index (χ2n) is 10.6. The minimum atomic E-state index is -4.78. The van der Waals surface area contributed by atoms with Crippen LogP contribution in [0.15, 0.2) is 24.4 Å². The SMILES string of the molecule is Cc1cc(OCC(C)(C)C(=O)O)ncc1-c1cc(F)c2c(c1)[Si](C)(C)CCOCn1nc-2nc1C(F)(F)F. The van der Waals surface area contributed by atoms with Gasteiger partial charge in [-0.15, -0.1) is 5.10 Å². The summed E-state index contributed by atoms with van der Waals surface area (Å²) in [6.07, 6.45) is -3.27. The first-order valence-electron chi connectivity index (χ1n) is 11.9. The molecular weight excluding hydrogens is 524 g/mol. The summed E-state index contributed by atoms with van der Waals surface area (Å²) in [5.41, 5.74) is 0.657. The molecule has 13 heteroatoms. The Hall–Kier alpha value is -3.32. The van der Waals surface area contributed by atoms with Crippen molar-refractivity contribution in [3.63, 3.8) is 0 Å². The molecule has 38 heavy (non-hydrogen) atoms. The summed E-state index contributed by atoms with van der Waals surface area (Å²) >= 11 is 0. The molecule has 0 saturated heterocycles. The van der Waals surface area contributed by atoms with Gasteiger partial charge in [0, 0.05) is 24.4 Å². The molecule has 0 unspecified atom stereocenters. The lowest BCUT2D eigenvalue weighted by molar-refractivity contribution is -0.150. The first-order chi connectivity index (χ1) is 17.6. The molecule has 3 heterocycles. The van der Waals surface area contributed by atoms with Gasteiger partial charge in [0.25, 0.3) is 0 Å². The van der Waals surface area contributed by atoms with Gasteiger partial charge in [-0.3, -0.25) is 4.79 Å². The lowest BCUT2D eigenvalue weighted by atomic mass is 9.95. The number of carboxylic acid groups (broad SMARTS) is 1. The van der Waals surface area contributed by atoms with Crippen molar-refractivity contribution in [3.8, 4) is 28.4 Å². The molecule has 0 spiro atoms. The van der Waals surface area contributed by atoms with Crippen LogP contribution < -0.4 is 9.92 Å². The highest BCUT2D eigenvalue weighted by Gasteiger charge is 2.40. The predicted molar refractivity (Wildman–Crippen MR) is 133 cm³/mol. The maximum absolute atomic E-state index is 15.8. The number of alkyl halides is 3. The predicted octanol–water partition coefficient (Wildman–Crippen LogP) is 4.87. The Balaban J connectivity index is 1.79. The molecule has 2 aromatic heterocycles. The van der Waals surface area contributed by atoms with Crippen LogP contribution in [-0.2, 0) is 22.4 Å². The second kappa shape index (κ2) is 9.77. The second-order valence-corrected chi connectivity index (χ2v) is 15.4. The van der Waals surface area contributed by atoms with E-state index in [1.807, 2.05) is 13.1 Å². The highest BCUT2D eigenvalue weighted by Crippen LogP contribution is 2.34. The molecule has 1 aromatic carbocycles. The van der Waals surface area contributed by atoms with Gasteiger partial charge in [-0.1, -0.05) is 19.2 Å². The summed E-state index contributed by atoms with van der Waals surface area (Å²) in [6, 6.07) is 5.21. The van der Waals surface area contributed by atoms with Crippen LogP contribution >= 0.6 is 0 Å². The maximum atomic E-state index is 15.8. The van der Waals surface area contributed by atoms with E-state index in [4.69, 9.17) is 9.47 Å². The fourth-order valence-electron chi connectivity index (χ4n) is 4.11. The van der Waals surface area contributed by atoms with Crippen LogP contribution in [0.2, 0.25) is 19.1 Å². The van der Waals surface area contributed by atoms with E-state index >= 15 is 4.39 Å². The standard InChI is InChI=1S/C25H28F4N4O4Si/c1-14-8-19(37-12-24(2,3)23(34)35)30-11-16(14)15-9-17(26)20-18(10-15)38(4,5)7-6-36-13-33-22(25(27,28)29)31-21(20)32-33/h8-11H,6-7,12-13H2,1-5H3,(H,34,35). The van der Waals surface area contributed by atoms with E-state index in [9.17, 15) is 23.1 Å². The topological polar surface area (TPSA) is 99.4 Å². The highest BCUT2D eigenvalue weighted by atomic mass is 28.3. The van der Waals surface area contributed by atoms with Gasteiger partial charge in [0.15, 0.2) is 5.82 Å². The third-order valence-corrected chi connectivity index (χ3v) is 9.92. The highest BCUT2D eigenvalue weighted by molar-refractivity contribution is 6.90. The quantitative estimate of drug-likeness (QED) is 0.356. The molecule has 1 aliphatic rings. The van der Waals surface area contributed by atoms with E-state index < -0.39 is 44.0 Å². The number of hydrogen-bond acceptors (Lipinski definition) is 6. The van der Waals surface area contributed by atoms with Gasteiger partial charge in [0.05, 0.1) is 19.1 Å². The number of carbonyl (C=O) groups is 1. The van der Waals surface area contributed by atoms with Crippen LogP contribution in [-0.4, -0.2) is 52.1 Å². The number of carboxylic acids is 1. The monoisotopic (exact) mass is 552 g/mol. The third kappa shape index (κ3) is 5.43. The van der Waals surface area contributed by atoms with Gasteiger partial charge in [-0.05, 0) is 49.2 Å². The van der Waals surface area contributed by atoms with Crippen molar-refractivity contribution in [3.05, 3.63) is 41.6 Å². The molecule has 8 nitrogen and oxygen atoms in total. The van der Waals surface area contributed by atoms with Crippen LogP contribution in [0.5, 0.6) is 5.88 Å². The van der Waals surface area contributed by atoms with E-state index in [2.05, 4.69) is 15.1 Å². The Morgan fingerprint density at radius 3 is 2.58 bits per heavy atom. The molecule has 0 amide bonds. The molecule has 0 aliphatic carbocycles. The fraction of sp³-hybridized carbons (Fsp3) is 0.440. The number of ether oxygens (including phenoxy) is 2. The number of aliphatic carboxylic acids is 1. The van der Waals surface area contributed by atoms with Crippen LogP contribution in [0.4, 0.5) is 17.6 Å². The van der Waals surface area contributed by atoms with Gasteiger partial charge in [0.1, 0.15) is 19.2 Å². The first kappa shape index (κ1) is 27.7. The zero-order valence-electron chi connectivity index (χ0n) is 21.6. The van der Waals surface area contributed by atoms with E-state index in [1.165, 1.54) is 26.1 Å². The number of pyridine rings is 1. The molecular formula is C25H28F4N4O4Si. The minimum Gasteiger partial charge on any atom is -0.481 e. The molecule has 3 aromatic rings. The molecule has 2 bridgehead atoms. The Morgan fingerprint density at radius 1 is 1.24 bits per heavy atom. The van der Waals surface area contributed by atoms with Gasteiger partial charge >= 0.3 is 12.1 Å². The number of aryl methyl sites for hydroxylation is 1. The van der Waals surface area contributed by atoms with E-state index in [1.54, 1.807) is 19.1 Å². The Labute approximate surface area is 217 Å². The number of benzene rings is 1. The van der Waals surface area contributed by atoms with Crippen LogP contribution in [0.25, 0.3) is 22.5 Å². The summed E-state index contributed by atoms with van der Waals surface area (Å²) in [5, 5.41) is 13.8. The molecule has 0 atom stereocenters. The molecule has 1 aliphatic heterocycles. The zero-order chi connectivity index (χ0) is 28.0. The average molecular weight is 553 g/mol. The fourth-order valence-corrected chi connectivity index (χ4v) is 6.49. The van der Waals surface area contributed by atoms with Crippen molar-refractivity contribution < 1.29 is 36.9 Å². The lowest BCUT2D eigenvalue weighted by Crippen LogP contribution is -2.44. The maximum Gasteiger partial charge on any atom is 0.451 e. The van der Waals surface area contributed by atoms with Crippen LogP contribution in [0.1, 0.15) is 25.2 Å². The normalized spacial score (nSPS) is 15.6. The Kier molecular flexibility index (Phi) is 7.12. The summed E-state index contributed by atoms with van der Waals surface area (Å²) in [7, 11) is -2.44. The van der Waals surface area contributed by atoms with Crippen molar-refractivity contribution in [2.24, 2.45) is 5.41 Å². The van der Waals surface area contributed by atoms with E-state index in [-0.39, 0.29) is 30.5 Å². The number of aromatic nitrogens is 4. The Morgan fingerprint density at radius 2 is 1.95 bits per heavy atom. The number of hydrogen-bond donors (Lipinski definition) is 1. The Bertz CT molecular complexity index is 1390. The molecule has 1 N–H and O–H groups in total. The van der Waals surface area contributed by atoms with Gasteiger partial charge in [-0.25, -0.2) is 19.0 Å². The van der Waals surface area contributed by atoms with Crippen molar-refractivity contribution in [2.45, 2.75) is 52.8 Å². The van der Waals surface area contributed by atoms with Gasteiger partial charge in [-0.2, -0.15) is 13.2 Å². The zero-order valence-corrected chi connectivity index (χ0v) is 22.6. The van der Waals surface area contributed by atoms with E-state index in [0.717, 1.165) is 0 Å². The average Bonchev–Trinajstić information content (AvgIpc) is 3.23. The van der Waals surface area contributed by atoms with Crippen molar-refractivity contribution in [2.75, 3.05) is 13.2 Å². The summed E-state index contributed by atoms with van der Waals surface area (Å²) in [5.74, 6) is -3.09. The molecule has 0 saturated carbocycles. The van der Waals surface area contributed by atoms with E-state index in [0.29, 0.717) is 32.6 Å². The number of rotatable bonds is 5. The van der Waals surface area contributed by atoms with Crippen molar-refractivity contribution >= 4 is 19.2 Å². The number of fused-ring (bicyclic) bond motifs is 4. The third-order valence-electron chi connectivity index (χ3n) is 6.61. The van der Waals surface area contributed by atoms with Crippen LogP contribution in [0, 0.1) is 18.2 Å². The first-order valence-corrected chi connectivity index (χ1v) is 15.1. The smallest absolute Gasteiger partial charge is 0.451 e. The summed E-state index contributed by atoms with van der Waals surface area (Å²) < 4.78 is 68.2. The summed E-state index contributed by atoms with van der Waals surface area (Å²) in [4.78, 5) is 19.3. The van der Waals surface area contributed by atoms with Gasteiger partial charge < -0.3 is 14.6 Å². The molecule has 0 radical (unpaired) electrons. The minimum absolute atomic E-state index is 0.0296. The molecule has 0 fully saturated rings. The molecule has 4 rings (SSSR count). The lowest BCUT2D eigenvalue weighted by Gasteiger charge is -2.27. The van der Waals surface area contributed by atoms with Crippen molar-refractivity contribution in [1.29, 1.82) is 0 Å². The van der Waals surface area contributed by atoms with Crippen molar-refractivity contribution in [1.82, 2.24) is 19.7 Å². The summed E-state index contributed by atoms with van der Waals surface area (Å²) in [6.45, 7) is 8.51. The molecule has 204 valence electrons. The largest absolute Gasteiger partial charge is 0.481 e. The van der Waals surface area contributed by atoms with Gasteiger partial charge in [0.2, 0.25) is 11.7 Å².